The fourth-order valence-electron chi connectivity index (χ4n) is 4.56. The van der Waals surface area contributed by atoms with Gasteiger partial charge in [0, 0.05) is 39.9 Å². The lowest BCUT2D eigenvalue weighted by Gasteiger charge is -2.33. The van der Waals surface area contributed by atoms with E-state index < -0.39 is 11.5 Å². The van der Waals surface area contributed by atoms with Gasteiger partial charge in [0.25, 0.3) is 5.91 Å². The maximum absolute atomic E-state index is 14.0. The average Bonchev–Trinajstić information content (AvgIpc) is 2.96. The Balaban J connectivity index is 1.62. The van der Waals surface area contributed by atoms with Gasteiger partial charge in [0.1, 0.15) is 12.4 Å². The smallest absolute Gasteiger partial charge is 0.301 e. The number of rotatable bonds is 8. The Morgan fingerprint density at radius 2 is 1.78 bits per heavy atom. The van der Waals surface area contributed by atoms with Gasteiger partial charge in [0.15, 0.2) is 11.3 Å². The maximum Gasteiger partial charge on any atom is 0.301 e. The van der Waals surface area contributed by atoms with Crippen LogP contribution in [0.2, 0.25) is 0 Å². The highest BCUT2D eigenvalue weighted by Crippen LogP contribution is 2.28. The van der Waals surface area contributed by atoms with Gasteiger partial charge in [0.05, 0.1) is 17.9 Å². The topological polar surface area (TPSA) is 99.5 Å². The van der Waals surface area contributed by atoms with Crippen molar-refractivity contribution in [3.05, 3.63) is 99.9 Å². The van der Waals surface area contributed by atoms with Crippen LogP contribution in [0.25, 0.3) is 5.65 Å². The number of likely N-dealkylation sites (N-methyl/N-ethyl adjacent to an activating group) is 1. The molecule has 41 heavy (non-hydrogen) atoms. The van der Waals surface area contributed by atoms with E-state index in [4.69, 9.17) is 4.74 Å². The Morgan fingerprint density at radius 3 is 2.46 bits per heavy atom. The summed E-state index contributed by atoms with van der Waals surface area (Å²) in [6.07, 6.45) is 1.62. The van der Waals surface area contributed by atoms with E-state index in [0.29, 0.717) is 30.0 Å². The Kier molecular flexibility index (Phi) is 7.97. The van der Waals surface area contributed by atoms with Crippen LogP contribution in [0.1, 0.15) is 21.6 Å². The summed E-state index contributed by atoms with van der Waals surface area (Å²) in [7, 11) is 5.53. The molecule has 212 valence electrons. The number of fused-ring (bicyclic) bond motifs is 1. The van der Waals surface area contributed by atoms with Gasteiger partial charge in [-0.05, 0) is 36.4 Å². The molecule has 0 unspecified atom stereocenters. The number of carbonyl (C=O) groups is 2. The van der Waals surface area contributed by atoms with Crippen LogP contribution < -0.4 is 25.4 Å². The zero-order valence-electron chi connectivity index (χ0n) is 23.1. The molecular weight excluding hydrogens is 527 g/mol. The van der Waals surface area contributed by atoms with Crippen LogP contribution in [-0.4, -0.2) is 66.9 Å². The third-order valence-corrected chi connectivity index (χ3v) is 6.88. The standard InChI is InChI=1S/C30H31FN6O4/c1-34(2)23-15-24(36-14-13-35(3)18-25(36)38)28-33-26(29(39)32-16-20-9-11-22(31)12-10-20)27(30(40)37(28)17-23)41-19-21-7-5-4-6-8-21/h4-12,15,17H,13-14,16,18-19H2,1-3H3,(H,32,39). The van der Waals surface area contributed by atoms with Gasteiger partial charge >= 0.3 is 5.56 Å². The van der Waals surface area contributed by atoms with E-state index in [9.17, 15) is 18.8 Å². The molecular formula is C30H31FN6O4. The number of nitrogens with one attached hydrogen (secondary N) is 1. The molecule has 0 radical (unpaired) electrons. The van der Waals surface area contributed by atoms with E-state index in [1.165, 1.54) is 16.5 Å². The number of nitrogens with zero attached hydrogens (tertiary/aromatic N) is 5. The van der Waals surface area contributed by atoms with E-state index in [-0.39, 0.29) is 48.5 Å². The first-order valence-corrected chi connectivity index (χ1v) is 13.2. The number of hydrogen-bond acceptors (Lipinski definition) is 7. The second-order valence-electron chi connectivity index (χ2n) is 10.1. The highest BCUT2D eigenvalue weighted by Gasteiger charge is 2.29. The van der Waals surface area contributed by atoms with E-state index in [0.717, 1.165) is 5.56 Å². The van der Waals surface area contributed by atoms with Gasteiger partial charge in [0.2, 0.25) is 11.7 Å². The molecule has 2 aromatic heterocycles. The highest BCUT2D eigenvalue weighted by atomic mass is 19.1. The number of benzene rings is 2. The van der Waals surface area contributed by atoms with Crippen molar-refractivity contribution >= 4 is 28.8 Å². The fraction of sp³-hybridized carbons (Fsp3) is 0.267. The first-order valence-electron chi connectivity index (χ1n) is 13.2. The molecule has 4 aromatic rings. The third kappa shape index (κ3) is 6.04. The number of pyridine rings is 1. The quantitative estimate of drug-likeness (QED) is 0.355. The van der Waals surface area contributed by atoms with Gasteiger partial charge in [-0.2, -0.15) is 0 Å². The second-order valence-corrected chi connectivity index (χ2v) is 10.1. The number of piperazine rings is 1. The highest BCUT2D eigenvalue weighted by molar-refractivity contribution is 6.00. The third-order valence-electron chi connectivity index (χ3n) is 6.88. The van der Waals surface area contributed by atoms with E-state index in [1.54, 1.807) is 29.3 Å². The summed E-state index contributed by atoms with van der Waals surface area (Å²) in [6, 6.07) is 16.8. The molecule has 0 bridgehead atoms. The fourth-order valence-corrected chi connectivity index (χ4v) is 4.56. The SMILES string of the molecule is CN1CCN(c2cc(N(C)C)cn3c(=O)c(OCc4ccccc4)c(C(=O)NCc4ccc(F)cc4)nc23)C(=O)C1. The van der Waals surface area contributed by atoms with Gasteiger partial charge in [-0.25, -0.2) is 9.37 Å². The molecule has 2 aromatic carbocycles. The van der Waals surface area contributed by atoms with Crippen molar-refractivity contribution in [2.24, 2.45) is 0 Å². The van der Waals surface area contributed by atoms with Gasteiger partial charge in [-0.1, -0.05) is 42.5 Å². The molecule has 2 amide bonds. The van der Waals surface area contributed by atoms with Crippen LogP contribution in [0.4, 0.5) is 15.8 Å². The van der Waals surface area contributed by atoms with Crippen molar-refractivity contribution in [2.45, 2.75) is 13.2 Å². The number of halogens is 1. The number of ether oxygens (including phenoxy) is 1. The molecule has 1 N–H and O–H groups in total. The van der Waals surface area contributed by atoms with Crippen LogP contribution in [0.5, 0.6) is 5.75 Å². The summed E-state index contributed by atoms with van der Waals surface area (Å²) in [5, 5.41) is 2.76. The Bertz CT molecular complexity index is 1640. The molecule has 0 aliphatic carbocycles. The second kappa shape index (κ2) is 11.8. The maximum atomic E-state index is 14.0. The van der Waals surface area contributed by atoms with Crippen molar-refractivity contribution < 1.29 is 18.7 Å². The zero-order chi connectivity index (χ0) is 29.1. The Hall–Kier alpha value is -4.77. The molecule has 1 fully saturated rings. The average molecular weight is 559 g/mol. The molecule has 0 atom stereocenters. The van der Waals surface area contributed by atoms with Crippen LogP contribution in [0.15, 0.2) is 71.7 Å². The Labute approximate surface area is 236 Å². The van der Waals surface area contributed by atoms with E-state index in [1.807, 2.05) is 61.3 Å². The van der Waals surface area contributed by atoms with Crippen LogP contribution >= 0.6 is 0 Å². The zero-order valence-corrected chi connectivity index (χ0v) is 23.1. The van der Waals surface area contributed by atoms with Crippen LogP contribution in [0.3, 0.4) is 0 Å². The van der Waals surface area contributed by atoms with E-state index in [2.05, 4.69) is 10.3 Å². The molecule has 0 spiro atoms. The first-order chi connectivity index (χ1) is 19.7. The molecule has 3 heterocycles. The van der Waals surface area contributed by atoms with Crippen molar-refractivity contribution in [2.75, 3.05) is 50.6 Å². The largest absolute Gasteiger partial charge is 0.481 e. The predicted molar refractivity (Wildman–Crippen MR) is 154 cm³/mol. The predicted octanol–water partition coefficient (Wildman–Crippen LogP) is 2.69. The summed E-state index contributed by atoms with van der Waals surface area (Å²) in [6.45, 7) is 1.38. The first kappa shape index (κ1) is 27.8. The molecule has 1 aliphatic heterocycles. The van der Waals surface area contributed by atoms with Gasteiger partial charge in [-0.3, -0.25) is 23.7 Å². The lowest BCUT2D eigenvalue weighted by Crippen LogP contribution is -2.49. The van der Waals surface area contributed by atoms with Crippen molar-refractivity contribution in [1.82, 2.24) is 19.6 Å². The van der Waals surface area contributed by atoms with Crippen molar-refractivity contribution in [1.29, 1.82) is 0 Å². The van der Waals surface area contributed by atoms with E-state index >= 15 is 0 Å². The summed E-state index contributed by atoms with van der Waals surface area (Å²) in [5.74, 6) is -1.37. The summed E-state index contributed by atoms with van der Waals surface area (Å²) >= 11 is 0. The Morgan fingerprint density at radius 1 is 1.05 bits per heavy atom. The molecule has 1 aliphatic rings. The summed E-state index contributed by atoms with van der Waals surface area (Å²) in [4.78, 5) is 50.5. The number of amides is 2. The molecule has 0 saturated carbocycles. The lowest BCUT2D eigenvalue weighted by atomic mass is 10.2. The minimum absolute atomic E-state index is 0.0409. The monoisotopic (exact) mass is 558 g/mol. The number of carbonyl (C=O) groups excluding carboxylic acids is 2. The van der Waals surface area contributed by atoms with Crippen LogP contribution in [-0.2, 0) is 17.9 Å². The summed E-state index contributed by atoms with van der Waals surface area (Å²) < 4.78 is 20.6. The number of anilines is 2. The number of hydrogen-bond donors (Lipinski definition) is 1. The molecule has 11 heteroatoms. The van der Waals surface area contributed by atoms with Crippen molar-refractivity contribution in [3.8, 4) is 5.75 Å². The van der Waals surface area contributed by atoms with Crippen LogP contribution in [0, 0.1) is 5.82 Å². The lowest BCUT2D eigenvalue weighted by molar-refractivity contribution is -0.120. The van der Waals surface area contributed by atoms with Gasteiger partial charge in [-0.15, -0.1) is 0 Å². The van der Waals surface area contributed by atoms with Crippen molar-refractivity contribution in [3.63, 3.8) is 0 Å². The molecule has 10 nitrogen and oxygen atoms in total. The molecule has 5 rings (SSSR count). The minimum Gasteiger partial charge on any atom is -0.481 e. The number of aromatic nitrogens is 2. The minimum atomic E-state index is -0.635. The molecule has 1 saturated heterocycles. The normalized spacial score (nSPS) is 13.9. The van der Waals surface area contributed by atoms with Gasteiger partial charge < -0.3 is 19.9 Å². The summed E-state index contributed by atoms with van der Waals surface area (Å²) in [5.41, 5.74) is 1.96.